The number of carbonyl (C=O) groups excluding carboxylic acids is 1. The molecule has 1 aromatic heterocycles. The summed E-state index contributed by atoms with van der Waals surface area (Å²) < 4.78 is 5.34. The van der Waals surface area contributed by atoms with Crippen LogP contribution in [0, 0.1) is 10.1 Å². The van der Waals surface area contributed by atoms with Crippen molar-refractivity contribution in [2.24, 2.45) is 0 Å². The zero-order chi connectivity index (χ0) is 13.8. The van der Waals surface area contributed by atoms with Crippen molar-refractivity contribution < 1.29 is 14.5 Å². The lowest BCUT2D eigenvalue weighted by Gasteiger charge is -2.06. The first-order valence-electron chi connectivity index (χ1n) is 5.32. The molecule has 0 saturated carbocycles. The summed E-state index contributed by atoms with van der Waals surface area (Å²) in [5, 5.41) is 10.5. The number of hydrogen-bond donors (Lipinski definition) is 0. The molecule has 0 unspecified atom stereocenters. The number of benzene rings is 1. The van der Waals surface area contributed by atoms with Gasteiger partial charge >= 0.3 is 11.7 Å². The van der Waals surface area contributed by atoms with E-state index in [0.29, 0.717) is 11.3 Å². The minimum absolute atomic E-state index is 0.0562. The highest BCUT2D eigenvalue weighted by Crippen LogP contribution is 2.23. The summed E-state index contributed by atoms with van der Waals surface area (Å²) in [6, 6.07) is 6.57. The zero-order valence-electron chi connectivity index (χ0n) is 9.94. The zero-order valence-corrected chi connectivity index (χ0v) is 9.94. The number of ether oxygens (including phenoxy) is 1. The van der Waals surface area contributed by atoms with Gasteiger partial charge in [-0.25, -0.2) is 0 Å². The average molecular weight is 259 g/mol. The number of para-hydroxylation sites is 1. The number of nitrogens with zero attached hydrogens (tertiary/aromatic N) is 3. The van der Waals surface area contributed by atoms with E-state index in [-0.39, 0.29) is 17.5 Å². The Hall–Kier alpha value is -2.83. The molecule has 0 N–H and O–H groups in total. The second-order valence-corrected chi connectivity index (χ2v) is 3.64. The maximum atomic E-state index is 11.4. The van der Waals surface area contributed by atoms with E-state index in [0.717, 1.165) is 12.4 Å². The summed E-state index contributed by atoms with van der Waals surface area (Å²) in [4.78, 5) is 28.7. The highest BCUT2D eigenvalue weighted by molar-refractivity contribution is 5.96. The maximum Gasteiger partial charge on any atom is 0.322 e. The number of hydrogen-bond acceptors (Lipinski definition) is 6. The van der Waals surface area contributed by atoms with Crippen LogP contribution in [0.4, 0.5) is 5.69 Å². The topological polar surface area (TPSA) is 95.2 Å². The highest BCUT2D eigenvalue weighted by atomic mass is 16.6. The predicted molar refractivity (Wildman–Crippen MR) is 65.2 cm³/mol. The Labute approximate surface area is 108 Å². The minimum Gasteiger partial charge on any atom is -0.424 e. The summed E-state index contributed by atoms with van der Waals surface area (Å²) in [5.74, 6) is 0.154. The van der Waals surface area contributed by atoms with E-state index in [1.165, 1.54) is 6.92 Å². The Morgan fingerprint density at radius 1 is 1.26 bits per heavy atom. The van der Waals surface area contributed by atoms with Gasteiger partial charge in [0, 0.05) is 0 Å². The third kappa shape index (κ3) is 2.89. The van der Waals surface area contributed by atoms with E-state index >= 15 is 0 Å². The molecule has 0 saturated heterocycles. The number of Topliss-reactive ketones (excluding diaryl/α,β-unsaturated/α-hetero) is 1. The monoisotopic (exact) mass is 259 g/mol. The summed E-state index contributed by atoms with van der Waals surface area (Å²) in [6.45, 7) is 1.42. The normalized spacial score (nSPS) is 9.95. The van der Waals surface area contributed by atoms with Crippen molar-refractivity contribution in [3.05, 3.63) is 52.3 Å². The van der Waals surface area contributed by atoms with Gasteiger partial charge in [-0.1, -0.05) is 12.1 Å². The fourth-order valence-electron chi connectivity index (χ4n) is 1.40. The molecule has 0 radical (unpaired) electrons. The first-order chi connectivity index (χ1) is 9.08. The van der Waals surface area contributed by atoms with Gasteiger partial charge in [0.15, 0.2) is 5.78 Å². The molecule has 1 aromatic carbocycles. The third-order valence-corrected chi connectivity index (χ3v) is 2.29. The van der Waals surface area contributed by atoms with Crippen molar-refractivity contribution in [1.82, 2.24) is 9.97 Å². The van der Waals surface area contributed by atoms with Gasteiger partial charge in [-0.05, 0) is 19.1 Å². The molecule has 0 fully saturated rings. The molecule has 0 aliphatic carbocycles. The number of carbonyl (C=O) groups is 1. The lowest BCUT2D eigenvalue weighted by molar-refractivity contribution is -0.385. The SMILES string of the molecule is CC(=O)c1ccccc1Oc1ncc([N+](=O)[O-])cn1. The Morgan fingerprint density at radius 3 is 2.47 bits per heavy atom. The van der Waals surface area contributed by atoms with Gasteiger partial charge in [0.1, 0.15) is 18.1 Å². The summed E-state index contributed by atoms with van der Waals surface area (Å²) in [5.41, 5.74) is 0.164. The first-order valence-corrected chi connectivity index (χ1v) is 5.32. The van der Waals surface area contributed by atoms with Gasteiger partial charge in [0.2, 0.25) is 0 Å². The van der Waals surface area contributed by atoms with Crippen LogP contribution in [-0.4, -0.2) is 20.7 Å². The molecule has 1 heterocycles. The van der Waals surface area contributed by atoms with Crippen LogP contribution in [0.5, 0.6) is 11.8 Å². The first kappa shape index (κ1) is 12.6. The molecule has 0 spiro atoms. The van der Waals surface area contributed by atoms with E-state index in [2.05, 4.69) is 9.97 Å². The molecule has 19 heavy (non-hydrogen) atoms. The van der Waals surface area contributed by atoms with Gasteiger partial charge in [-0.3, -0.25) is 14.9 Å². The van der Waals surface area contributed by atoms with Crippen molar-refractivity contribution >= 4 is 11.5 Å². The van der Waals surface area contributed by atoms with Crippen molar-refractivity contribution in [2.45, 2.75) is 6.92 Å². The minimum atomic E-state index is -0.604. The molecule has 7 nitrogen and oxygen atoms in total. The smallest absolute Gasteiger partial charge is 0.322 e. The second-order valence-electron chi connectivity index (χ2n) is 3.64. The molecule has 2 rings (SSSR count). The van der Waals surface area contributed by atoms with Crippen LogP contribution in [0.3, 0.4) is 0 Å². The van der Waals surface area contributed by atoms with Crippen molar-refractivity contribution in [1.29, 1.82) is 0 Å². The Bertz CT molecular complexity index is 625. The molecule has 7 heteroatoms. The van der Waals surface area contributed by atoms with Crippen LogP contribution in [0.15, 0.2) is 36.7 Å². The largest absolute Gasteiger partial charge is 0.424 e. The standard InChI is InChI=1S/C12H9N3O4/c1-8(16)10-4-2-3-5-11(10)19-12-13-6-9(7-14-12)15(17)18/h2-7H,1H3. The summed E-state index contributed by atoms with van der Waals surface area (Å²) in [7, 11) is 0. The fraction of sp³-hybridized carbons (Fsp3) is 0.0833. The molecule has 0 aliphatic heterocycles. The number of ketones is 1. The predicted octanol–water partition coefficient (Wildman–Crippen LogP) is 2.38. The second kappa shape index (κ2) is 5.21. The van der Waals surface area contributed by atoms with E-state index < -0.39 is 4.92 Å². The summed E-state index contributed by atoms with van der Waals surface area (Å²) >= 11 is 0. The molecular weight excluding hydrogens is 250 g/mol. The van der Waals surface area contributed by atoms with Gasteiger partial charge in [-0.2, -0.15) is 9.97 Å². The molecular formula is C12H9N3O4. The third-order valence-electron chi connectivity index (χ3n) is 2.29. The van der Waals surface area contributed by atoms with E-state index in [1.54, 1.807) is 24.3 Å². The van der Waals surface area contributed by atoms with Crippen LogP contribution in [0.1, 0.15) is 17.3 Å². The van der Waals surface area contributed by atoms with Crippen molar-refractivity contribution in [3.8, 4) is 11.8 Å². The Balaban J connectivity index is 2.26. The number of rotatable bonds is 4. The van der Waals surface area contributed by atoms with Crippen LogP contribution >= 0.6 is 0 Å². The molecule has 0 amide bonds. The number of nitro groups is 1. The van der Waals surface area contributed by atoms with Gasteiger partial charge < -0.3 is 4.74 Å². The van der Waals surface area contributed by atoms with E-state index in [4.69, 9.17) is 4.74 Å². The molecule has 0 atom stereocenters. The quantitative estimate of drug-likeness (QED) is 0.475. The van der Waals surface area contributed by atoms with Crippen LogP contribution in [0.25, 0.3) is 0 Å². The van der Waals surface area contributed by atoms with Crippen LogP contribution in [0.2, 0.25) is 0 Å². The molecule has 96 valence electrons. The Kier molecular flexibility index (Phi) is 3.46. The molecule has 2 aromatic rings. The molecule has 0 aliphatic rings. The lowest BCUT2D eigenvalue weighted by atomic mass is 10.1. The van der Waals surface area contributed by atoms with Crippen LogP contribution < -0.4 is 4.74 Å². The Morgan fingerprint density at radius 2 is 1.89 bits per heavy atom. The van der Waals surface area contributed by atoms with Gasteiger partial charge in [0.05, 0.1) is 10.5 Å². The average Bonchev–Trinajstić information content (AvgIpc) is 2.39. The lowest BCUT2D eigenvalue weighted by Crippen LogP contribution is -1.99. The number of aromatic nitrogens is 2. The molecule has 0 bridgehead atoms. The fourth-order valence-corrected chi connectivity index (χ4v) is 1.40. The maximum absolute atomic E-state index is 11.4. The van der Waals surface area contributed by atoms with Crippen molar-refractivity contribution in [3.63, 3.8) is 0 Å². The van der Waals surface area contributed by atoms with E-state index in [1.807, 2.05) is 0 Å². The van der Waals surface area contributed by atoms with Crippen molar-refractivity contribution in [2.75, 3.05) is 0 Å². The van der Waals surface area contributed by atoms with Gasteiger partial charge in [0.25, 0.3) is 0 Å². The highest BCUT2D eigenvalue weighted by Gasteiger charge is 2.11. The summed E-state index contributed by atoms with van der Waals surface area (Å²) in [6.07, 6.45) is 2.08. The van der Waals surface area contributed by atoms with Gasteiger partial charge in [-0.15, -0.1) is 0 Å². The van der Waals surface area contributed by atoms with E-state index in [9.17, 15) is 14.9 Å². The van der Waals surface area contributed by atoms with Crippen LogP contribution in [-0.2, 0) is 0 Å².